The molecular formula is C33H60N2O5. The number of cyclic esters (lactones) is 2. The molecule has 4 atom stereocenters. The lowest BCUT2D eigenvalue weighted by atomic mass is 9.96. The Morgan fingerprint density at radius 2 is 1.15 bits per heavy atom. The van der Waals surface area contributed by atoms with E-state index in [9.17, 15) is 14.4 Å². The summed E-state index contributed by atoms with van der Waals surface area (Å²) in [5.41, 5.74) is 7.21. The van der Waals surface area contributed by atoms with E-state index in [1.54, 1.807) is 20.8 Å². The number of carbonyl (C=O) groups is 3. The van der Waals surface area contributed by atoms with E-state index in [-0.39, 0.29) is 31.1 Å². The van der Waals surface area contributed by atoms with E-state index in [1.165, 1.54) is 0 Å². The summed E-state index contributed by atoms with van der Waals surface area (Å²) in [5.74, 6) is -2.24. The Hall–Kier alpha value is -3.35. The van der Waals surface area contributed by atoms with Crippen molar-refractivity contribution in [2.75, 3.05) is 17.6 Å². The Bertz CT molecular complexity index is 811. The minimum absolute atomic E-state index is 0. The third-order valence-electron chi connectivity index (χ3n) is 5.14. The number of anilines is 2. The van der Waals surface area contributed by atoms with Gasteiger partial charge in [0.1, 0.15) is 0 Å². The maximum Gasteiger partial charge on any atom is 0.317 e. The summed E-state index contributed by atoms with van der Waals surface area (Å²) < 4.78 is 4.31. The fraction of sp³-hybridized carbons (Fsp3) is 0.545. The first kappa shape index (κ1) is 46.5. The van der Waals surface area contributed by atoms with E-state index in [0.717, 1.165) is 11.4 Å². The average Bonchev–Trinajstić information content (AvgIpc) is 3.21. The molecule has 0 aliphatic carbocycles. The quantitative estimate of drug-likeness (QED) is 0.188. The highest BCUT2D eigenvalue weighted by molar-refractivity contribution is 5.95. The van der Waals surface area contributed by atoms with Crippen LogP contribution in [0.1, 0.15) is 90.5 Å². The molecule has 0 amide bonds. The molecule has 40 heavy (non-hydrogen) atoms. The van der Waals surface area contributed by atoms with Crippen molar-refractivity contribution in [3.63, 3.8) is 0 Å². The molecule has 3 rings (SSSR count). The van der Waals surface area contributed by atoms with Gasteiger partial charge in [-0.25, -0.2) is 0 Å². The molecule has 0 bridgehead atoms. The number of nitrogen functional groups attached to an aromatic ring is 1. The second-order valence-corrected chi connectivity index (χ2v) is 7.58. The van der Waals surface area contributed by atoms with Crippen LogP contribution in [0.15, 0.2) is 60.7 Å². The zero-order valence-corrected chi connectivity index (χ0v) is 26.4. The average molecular weight is 565 g/mol. The maximum atomic E-state index is 10.7. The van der Waals surface area contributed by atoms with Gasteiger partial charge in [-0.3, -0.25) is 14.4 Å². The Labute approximate surface area is 245 Å². The Morgan fingerprint density at radius 3 is 1.40 bits per heavy atom. The fourth-order valence-corrected chi connectivity index (χ4v) is 2.40. The lowest BCUT2D eigenvalue weighted by molar-refractivity contribution is -0.153. The van der Waals surface area contributed by atoms with Gasteiger partial charge in [-0.15, -0.1) is 0 Å². The molecule has 232 valence electrons. The first-order chi connectivity index (χ1) is 18.6. The smallest absolute Gasteiger partial charge is 0.317 e. The Kier molecular flexibility index (Phi) is 37.0. The van der Waals surface area contributed by atoms with Gasteiger partial charge in [0.05, 0.1) is 17.8 Å². The molecule has 1 aliphatic rings. The van der Waals surface area contributed by atoms with Gasteiger partial charge in [0.15, 0.2) is 0 Å². The zero-order valence-electron chi connectivity index (χ0n) is 26.4. The molecule has 7 nitrogen and oxygen atoms in total. The summed E-state index contributed by atoms with van der Waals surface area (Å²) in [5, 5.41) is 12.0. The van der Waals surface area contributed by atoms with Crippen molar-refractivity contribution in [2.45, 2.75) is 90.5 Å². The number of ether oxygens (including phenoxy) is 1. The number of nitrogens with two attached hydrogens (primary N) is 1. The standard InChI is InChI=1S/C12H17NO2.C6H7N.C6H8O3.4C2H6.CH4/c1-9(10(2)12(14)15)8-13-11-6-4-3-5-7-11;7-6-4-2-1-3-5-6;1-3-4(2)6(8)9-5(3)7;4*1-2;/h3-7,9-10,13H,8H2,1-2H3,(H,14,15);1-5H,7H2;3-4H,1-2H3;4*1-2H3;1H4. The first-order valence-corrected chi connectivity index (χ1v) is 14.2. The minimum Gasteiger partial charge on any atom is -0.481 e. The number of carboxylic acids is 1. The van der Waals surface area contributed by atoms with Crippen molar-refractivity contribution in [2.24, 2.45) is 23.7 Å². The van der Waals surface area contributed by atoms with Crippen molar-refractivity contribution in [3.8, 4) is 0 Å². The van der Waals surface area contributed by atoms with Gasteiger partial charge in [-0.05, 0) is 30.2 Å². The SMILES string of the molecule is C.CC.CC.CC.CC.CC(CNc1ccccc1)C(C)C(=O)O.CC1C(=O)OC(=O)C1C.Nc1ccccc1. The molecule has 7 heteroatoms. The van der Waals surface area contributed by atoms with Gasteiger partial charge in [0, 0.05) is 17.9 Å². The summed E-state index contributed by atoms with van der Waals surface area (Å²) in [4.78, 5) is 31.8. The maximum absolute atomic E-state index is 10.7. The molecule has 2 aromatic rings. The van der Waals surface area contributed by atoms with E-state index in [4.69, 9.17) is 10.8 Å². The van der Waals surface area contributed by atoms with Crippen LogP contribution in [-0.2, 0) is 19.1 Å². The van der Waals surface area contributed by atoms with Crippen molar-refractivity contribution < 1.29 is 24.2 Å². The molecule has 0 radical (unpaired) electrons. The van der Waals surface area contributed by atoms with Gasteiger partial charge < -0.3 is 20.9 Å². The van der Waals surface area contributed by atoms with Crippen LogP contribution in [0.4, 0.5) is 11.4 Å². The van der Waals surface area contributed by atoms with Crippen LogP contribution >= 0.6 is 0 Å². The number of nitrogens with one attached hydrogen (secondary N) is 1. The number of para-hydroxylation sites is 2. The van der Waals surface area contributed by atoms with Gasteiger partial charge >= 0.3 is 17.9 Å². The third kappa shape index (κ3) is 22.6. The van der Waals surface area contributed by atoms with Gasteiger partial charge in [-0.1, -0.05) is 127 Å². The van der Waals surface area contributed by atoms with Crippen LogP contribution in [0.25, 0.3) is 0 Å². The minimum atomic E-state index is -0.739. The largest absolute Gasteiger partial charge is 0.481 e. The fourth-order valence-electron chi connectivity index (χ4n) is 2.40. The van der Waals surface area contributed by atoms with Crippen LogP contribution < -0.4 is 11.1 Å². The van der Waals surface area contributed by atoms with Crippen LogP contribution in [0.5, 0.6) is 0 Å². The highest BCUT2D eigenvalue weighted by Crippen LogP contribution is 2.21. The Morgan fingerprint density at radius 1 is 0.800 bits per heavy atom. The summed E-state index contributed by atoms with van der Waals surface area (Å²) >= 11 is 0. The lowest BCUT2D eigenvalue weighted by Gasteiger charge is -2.17. The second kappa shape index (κ2) is 31.9. The summed E-state index contributed by atoms with van der Waals surface area (Å²) in [7, 11) is 0. The third-order valence-corrected chi connectivity index (χ3v) is 5.14. The number of hydrogen-bond acceptors (Lipinski definition) is 6. The highest BCUT2D eigenvalue weighted by atomic mass is 16.6. The van der Waals surface area contributed by atoms with E-state index >= 15 is 0 Å². The number of hydrogen-bond donors (Lipinski definition) is 3. The molecule has 0 spiro atoms. The molecule has 0 saturated carbocycles. The van der Waals surface area contributed by atoms with Crippen LogP contribution in [-0.4, -0.2) is 29.6 Å². The molecule has 1 fully saturated rings. The molecule has 1 aliphatic heterocycles. The second-order valence-electron chi connectivity index (χ2n) is 7.58. The predicted octanol–water partition coefficient (Wildman–Crippen LogP) is 8.81. The number of carbonyl (C=O) groups excluding carboxylic acids is 2. The van der Waals surface area contributed by atoms with Crippen LogP contribution in [0.3, 0.4) is 0 Å². The van der Waals surface area contributed by atoms with Crippen molar-refractivity contribution in [3.05, 3.63) is 60.7 Å². The van der Waals surface area contributed by atoms with E-state index < -0.39 is 17.9 Å². The number of esters is 2. The molecule has 2 aromatic carbocycles. The molecular weight excluding hydrogens is 504 g/mol. The number of carboxylic acid groups (broad SMARTS) is 1. The van der Waals surface area contributed by atoms with Gasteiger partial charge in [0.2, 0.25) is 0 Å². The number of benzene rings is 2. The molecule has 0 aromatic heterocycles. The van der Waals surface area contributed by atoms with E-state index in [2.05, 4.69) is 10.1 Å². The molecule has 4 unspecified atom stereocenters. The Balaban J connectivity index is -0.000000141. The normalized spacial score (nSPS) is 15.3. The monoisotopic (exact) mass is 564 g/mol. The number of rotatable bonds is 5. The van der Waals surface area contributed by atoms with Crippen LogP contribution in [0, 0.1) is 23.7 Å². The highest BCUT2D eigenvalue weighted by Gasteiger charge is 2.37. The van der Waals surface area contributed by atoms with Gasteiger partial charge in [0.25, 0.3) is 0 Å². The summed E-state index contributed by atoms with van der Waals surface area (Å²) in [6, 6.07) is 19.3. The molecule has 4 N–H and O–H groups in total. The van der Waals surface area contributed by atoms with Crippen molar-refractivity contribution >= 4 is 29.3 Å². The molecule has 1 heterocycles. The zero-order chi connectivity index (χ0) is 31.4. The van der Waals surface area contributed by atoms with Crippen molar-refractivity contribution in [1.29, 1.82) is 0 Å². The van der Waals surface area contributed by atoms with Crippen LogP contribution in [0.2, 0.25) is 0 Å². The van der Waals surface area contributed by atoms with E-state index in [0.29, 0.717) is 6.54 Å². The first-order valence-electron chi connectivity index (χ1n) is 14.2. The van der Waals surface area contributed by atoms with E-state index in [1.807, 2.05) is 123 Å². The lowest BCUT2D eigenvalue weighted by Crippen LogP contribution is -2.24. The summed E-state index contributed by atoms with van der Waals surface area (Å²) in [6.45, 7) is 23.7. The van der Waals surface area contributed by atoms with Crippen molar-refractivity contribution in [1.82, 2.24) is 0 Å². The van der Waals surface area contributed by atoms with Gasteiger partial charge in [-0.2, -0.15) is 0 Å². The molecule has 1 saturated heterocycles. The predicted molar refractivity (Wildman–Crippen MR) is 173 cm³/mol. The topological polar surface area (TPSA) is 119 Å². The summed E-state index contributed by atoms with van der Waals surface area (Å²) in [6.07, 6.45) is 0. The number of aliphatic carboxylic acids is 1.